The highest BCUT2D eigenvalue weighted by molar-refractivity contribution is 6.29. The third kappa shape index (κ3) is 1.47. The number of hydrogen-bond acceptors (Lipinski definition) is 6. The van der Waals surface area contributed by atoms with E-state index in [-0.39, 0.29) is 32.7 Å². The van der Waals surface area contributed by atoms with Gasteiger partial charge in [-0.25, -0.2) is 0 Å². The number of phenolic OH excluding ortho intramolecular Hbond substituents is 4. The van der Waals surface area contributed by atoms with E-state index >= 15 is 0 Å². The number of benzene rings is 4. The summed E-state index contributed by atoms with van der Waals surface area (Å²) in [5.41, 5.74) is 0.311. The zero-order valence-corrected chi connectivity index (χ0v) is 12.0. The van der Waals surface area contributed by atoms with Gasteiger partial charge >= 0.3 is 0 Å². The second kappa shape index (κ2) is 4.31. The maximum Gasteiger partial charge on any atom is 0.166 e. The molecule has 0 aromatic heterocycles. The monoisotopic (exact) mass is 316 g/mol. The molecule has 0 atom stereocenters. The van der Waals surface area contributed by atoms with Crippen molar-refractivity contribution in [2.45, 2.75) is 0 Å². The van der Waals surface area contributed by atoms with Crippen LogP contribution in [-0.2, 0) is 0 Å². The van der Waals surface area contributed by atoms with Gasteiger partial charge in [-0.15, -0.1) is 0 Å². The van der Waals surface area contributed by atoms with E-state index in [4.69, 9.17) is 10.5 Å². The van der Waals surface area contributed by atoms with Crippen molar-refractivity contribution in [3.8, 4) is 35.1 Å². The normalized spacial score (nSPS) is 11.1. The summed E-state index contributed by atoms with van der Waals surface area (Å²) in [5.74, 6) is -1.81. The second-order valence-corrected chi connectivity index (χ2v) is 5.51. The van der Waals surface area contributed by atoms with Crippen molar-refractivity contribution in [3.63, 3.8) is 0 Å². The van der Waals surface area contributed by atoms with Crippen molar-refractivity contribution in [3.05, 3.63) is 35.4 Å². The maximum absolute atomic E-state index is 10.3. The number of hydrogen-bond donors (Lipinski definition) is 4. The molecule has 0 spiro atoms. The average Bonchev–Trinajstić information content (AvgIpc) is 2.61. The smallest absolute Gasteiger partial charge is 0.166 e. The standard InChI is InChI=1S/C18H8N2O4/c19-5-7-1-9-13-10(2-7)17(23)18(24)12-4-8(6-20)3-11(14(12)13)16(22)15(9)21/h1-4,21-24H. The fraction of sp³-hybridized carbons (Fsp3) is 0. The Kier molecular flexibility index (Phi) is 2.47. The molecule has 0 aliphatic heterocycles. The summed E-state index contributed by atoms with van der Waals surface area (Å²) >= 11 is 0. The summed E-state index contributed by atoms with van der Waals surface area (Å²) in [6.07, 6.45) is 0. The van der Waals surface area contributed by atoms with Crippen LogP contribution in [-0.4, -0.2) is 20.4 Å². The molecule has 0 aliphatic rings. The lowest BCUT2D eigenvalue weighted by atomic mass is 9.89. The van der Waals surface area contributed by atoms with E-state index in [0.29, 0.717) is 10.8 Å². The Bertz CT molecular complexity index is 1080. The van der Waals surface area contributed by atoms with Gasteiger partial charge in [-0.05, 0) is 24.3 Å². The first kappa shape index (κ1) is 13.7. The number of phenols is 4. The highest BCUT2D eigenvalue weighted by atomic mass is 16.3. The molecule has 0 amide bonds. The van der Waals surface area contributed by atoms with Crippen LogP contribution in [0.2, 0.25) is 0 Å². The van der Waals surface area contributed by atoms with Gasteiger partial charge in [0.15, 0.2) is 23.0 Å². The van der Waals surface area contributed by atoms with Crippen LogP contribution in [0.25, 0.3) is 32.3 Å². The van der Waals surface area contributed by atoms with Crippen molar-refractivity contribution in [2.24, 2.45) is 0 Å². The second-order valence-electron chi connectivity index (χ2n) is 5.51. The van der Waals surface area contributed by atoms with Gasteiger partial charge in [0.1, 0.15) is 0 Å². The third-order valence-corrected chi connectivity index (χ3v) is 4.25. The molecule has 4 N–H and O–H groups in total. The van der Waals surface area contributed by atoms with Crippen molar-refractivity contribution < 1.29 is 20.4 Å². The molecule has 114 valence electrons. The van der Waals surface area contributed by atoms with Gasteiger partial charge < -0.3 is 20.4 Å². The molecule has 4 aromatic carbocycles. The Balaban J connectivity index is 2.48. The molecule has 0 fully saturated rings. The van der Waals surface area contributed by atoms with Gasteiger partial charge in [0.05, 0.1) is 23.3 Å². The van der Waals surface area contributed by atoms with Gasteiger partial charge in [-0.1, -0.05) is 0 Å². The fourth-order valence-electron chi connectivity index (χ4n) is 3.21. The first-order valence-electron chi connectivity index (χ1n) is 6.90. The SMILES string of the molecule is N#Cc1cc2c(O)c(O)c3cc(C#N)cc4c(O)c(O)c(c1)c2c34. The molecule has 0 heterocycles. The first-order chi connectivity index (χ1) is 11.5. The molecule has 24 heavy (non-hydrogen) atoms. The molecule has 0 unspecified atom stereocenters. The molecule has 0 aliphatic carbocycles. The summed E-state index contributed by atoms with van der Waals surface area (Å²) in [5, 5.41) is 61.1. The zero-order chi connectivity index (χ0) is 17.2. The van der Waals surface area contributed by atoms with Gasteiger partial charge in [0.2, 0.25) is 0 Å². The fourth-order valence-corrected chi connectivity index (χ4v) is 3.21. The molecular weight excluding hydrogens is 308 g/mol. The van der Waals surface area contributed by atoms with E-state index in [1.165, 1.54) is 24.3 Å². The highest BCUT2D eigenvalue weighted by Crippen LogP contribution is 2.52. The lowest BCUT2D eigenvalue weighted by Crippen LogP contribution is -1.90. The quantitative estimate of drug-likeness (QED) is 0.291. The van der Waals surface area contributed by atoms with Crippen molar-refractivity contribution >= 4 is 32.3 Å². The minimum atomic E-state index is -0.453. The molecule has 4 rings (SSSR count). The summed E-state index contributed by atoms with van der Waals surface area (Å²) in [7, 11) is 0. The zero-order valence-electron chi connectivity index (χ0n) is 12.0. The van der Waals surface area contributed by atoms with Gasteiger partial charge in [-0.2, -0.15) is 10.5 Å². The number of nitriles is 2. The Morgan fingerprint density at radius 1 is 0.542 bits per heavy atom. The van der Waals surface area contributed by atoms with E-state index in [2.05, 4.69) is 0 Å². The van der Waals surface area contributed by atoms with Crippen LogP contribution in [0, 0.1) is 22.7 Å². The van der Waals surface area contributed by atoms with Crippen LogP contribution in [0.1, 0.15) is 11.1 Å². The van der Waals surface area contributed by atoms with E-state index in [9.17, 15) is 20.4 Å². The number of nitrogens with zero attached hydrogens (tertiary/aromatic N) is 2. The Morgan fingerprint density at radius 3 is 1.00 bits per heavy atom. The summed E-state index contributed by atoms with van der Waals surface area (Å²) in [6.45, 7) is 0. The highest BCUT2D eigenvalue weighted by Gasteiger charge is 2.23. The minimum absolute atomic E-state index is 0.156. The third-order valence-electron chi connectivity index (χ3n) is 4.25. The van der Waals surface area contributed by atoms with E-state index in [1.54, 1.807) is 0 Å². The van der Waals surface area contributed by atoms with Gasteiger partial charge in [0, 0.05) is 32.3 Å². The first-order valence-corrected chi connectivity index (χ1v) is 6.90. The Labute approximate surface area is 134 Å². The molecule has 6 heteroatoms. The van der Waals surface area contributed by atoms with Crippen molar-refractivity contribution in [1.82, 2.24) is 0 Å². The van der Waals surface area contributed by atoms with Crippen LogP contribution < -0.4 is 0 Å². The van der Waals surface area contributed by atoms with Crippen LogP contribution >= 0.6 is 0 Å². The topological polar surface area (TPSA) is 128 Å². The summed E-state index contributed by atoms with van der Waals surface area (Å²) in [4.78, 5) is 0. The lowest BCUT2D eigenvalue weighted by molar-refractivity contribution is 0.411. The van der Waals surface area contributed by atoms with Crippen molar-refractivity contribution in [1.29, 1.82) is 10.5 Å². The average molecular weight is 316 g/mol. The minimum Gasteiger partial charge on any atom is -0.504 e. The maximum atomic E-state index is 10.3. The molecule has 4 aromatic rings. The van der Waals surface area contributed by atoms with Crippen molar-refractivity contribution in [2.75, 3.05) is 0 Å². The molecule has 0 radical (unpaired) electrons. The van der Waals surface area contributed by atoms with Crippen LogP contribution in [0.15, 0.2) is 24.3 Å². The van der Waals surface area contributed by atoms with E-state index < -0.39 is 23.0 Å². The van der Waals surface area contributed by atoms with E-state index in [0.717, 1.165) is 0 Å². The molecule has 6 nitrogen and oxygen atoms in total. The molecule has 0 saturated heterocycles. The Hall–Kier alpha value is -3.90. The summed E-state index contributed by atoms with van der Waals surface area (Å²) in [6, 6.07) is 9.40. The van der Waals surface area contributed by atoms with Crippen LogP contribution in [0.3, 0.4) is 0 Å². The summed E-state index contributed by atoms with van der Waals surface area (Å²) < 4.78 is 0. The molecular formula is C18H8N2O4. The van der Waals surface area contributed by atoms with Gasteiger partial charge in [-0.3, -0.25) is 0 Å². The van der Waals surface area contributed by atoms with Crippen LogP contribution in [0.5, 0.6) is 23.0 Å². The largest absolute Gasteiger partial charge is 0.504 e. The molecule has 0 saturated carbocycles. The predicted molar refractivity (Wildman–Crippen MR) is 86.2 cm³/mol. The molecule has 0 bridgehead atoms. The lowest BCUT2D eigenvalue weighted by Gasteiger charge is -2.17. The van der Waals surface area contributed by atoms with Crippen LogP contribution in [0.4, 0.5) is 0 Å². The number of rotatable bonds is 0. The Morgan fingerprint density at radius 2 is 0.792 bits per heavy atom. The predicted octanol–water partition coefficient (Wildman–Crippen LogP) is 3.15. The van der Waals surface area contributed by atoms with E-state index in [1.807, 2.05) is 12.1 Å². The van der Waals surface area contributed by atoms with Gasteiger partial charge in [0.25, 0.3) is 0 Å². The number of aromatic hydroxyl groups is 4.